The van der Waals surface area contributed by atoms with E-state index in [2.05, 4.69) is 4.98 Å². The van der Waals surface area contributed by atoms with Crippen LogP contribution in [0.15, 0.2) is 23.2 Å². The number of nitriles is 1. The summed E-state index contributed by atoms with van der Waals surface area (Å²) < 4.78 is 23.3. The minimum atomic E-state index is -3.33. The Balaban J connectivity index is 3.01. The summed E-state index contributed by atoms with van der Waals surface area (Å²) in [6, 6.07) is 4.44. The van der Waals surface area contributed by atoms with E-state index in [1.807, 2.05) is 0 Å². The third-order valence-electron chi connectivity index (χ3n) is 1.75. The standard InChI is InChI=1S/C9H9ClN2O2S/c10-3-1-5-15(13,14)9-2-4-12-8(6-9)7-11/h2,4,6H,1,3,5H2. The van der Waals surface area contributed by atoms with Crippen molar-refractivity contribution in [2.24, 2.45) is 0 Å². The highest BCUT2D eigenvalue weighted by Gasteiger charge is 2.14. The van der Waals surface area contributed by atoms with Crippen LogP contribution in [-0.4, -0.2) is 25.0 Å². The van der Waals surface area contributed by atoms with Gasteiger partial charge in [0.15, 0.2) is 9.84 Å². The SMILES string of the molecule is N#Cc1cc(S(=O)(=O)CCCCl)ccn1. The second kappa shape index (κ2) is 5.10. The molecule has 1 aromatic heterocycles. The molecule has 0 aliphatic carbocycles. The Bertz CT molecular complexity index is 479. The normalized spacial score (nSPS) is 10.9. The predicted octanol–water partition coefficient (Wildman–Crippen LogP) is 1.36. The molecule has 0 fully saturated rings. The Kier molecular flexibility index (Phi) is 4.06. The van der Waals surface area contributed by atoms with E-state index in [-0.39, 0.29) is 16.3 Å². The maximum absolute atomic E-state index is 11.7. The van der Waals surface area contributed by atoms with Gasteiger partial charge in [-0.05, 0) is 18.6 Å². The van der Waals surface area contributed by atoms with Crippen molar-refractivity contribution in [3.63, 3.8) is 0 Å². The molecule has 80 valence electrons. The minimum absolute atomic E-state index is 0.00855. The van der Waals surface area contributed by atoms with Crippen LogP contribution in [-0.2, 0) is 9.84 Å². The second-order valence-corrected chi connectivity index (χ2v) is 5.34. The van der Waals surface area contributed by atoms with E-state index < -0.39 is 9.84 Å². The third-order valence-corrected chi connectivity index (χ3v) is 3.82. The van der Waals surface area contributed by atoms with Crippen molar-refractivity contribution >= 4 is 21.4 Å². The highest BCUT2D eigenvalue weighted by molar-refractivity contribution is 7.91. The van der Waals surface area contributed by atoms with Gasteiger partial charge in [-0.15, -0.1) is 11.6 Å². The molecule has 0 bridgehead atoms. The fraction of sp³-hybridized carbons (Fsp3) is 0.333. The highest BCUT2D eigenvalue weighted by atomic mass is 35.5. The molecule has 0 radical (unpaired) electrons. The number of aromatic nitrogens is 1. The minimum Gasteiger partial charge on any atom is -0.245 e. The van der Waals surface area contributed by atoms with E-state index in [9.17, 15) is 8.42 Å². The smallest absolute Gasteiger partial charge is 0.178 e. The number of rotatable bonds is 4. The summed E-state index contributed by atoms with van der Waals surface area (Å²) in [7, 11) is -3.33. The van der Waals surface area contributed by atoms with Crippen LogP contribution in [0.4, 0.5) is 0 Å². The van der Waals surface area contributed by atoms with E-state index in [4.69, 9.17) is 16.9 Å². The van der Waals surface area contributed by atoms with E-state index in [1.165, 1.54) is 18.3 Å². The molecular formula is C9H9ClN2O2S. The number of alkyl halides is 1. The zero-order valence-electron chi connectivity index (χ0n) is 7.85. The molecule has 1 aromatic rings. The predicted molar refractivity (Wildman–Crippen MR) is 56.3 cm³/mol. The molecule has 0 saturated heterocycles. The lowest BCUT2D eigenvalue weighted by molar-refractivity contribution is 0.594. The fourth-order valence-corrected chi connectivity index (χ4v) is 2.64. The van der Waals surface area contributed by atoms with Gasteiger partial charge in [0.25, 0.3) is 0 Å². The first-order valence-electron chi connectivity index (χ1n) is 4.25. The van der Waals surface area contributed by atoms with Crippen LogP contribution in [0.5, 0.6) is 0 Å². The number of hydrogen-bond acceptors (Lipinski definition) is 4. The monoisotopic (exact) mass is 244 g/mol. The summed E-state index contributed by atoms with van der Waals surface area (Å²) in [5, 5.41) is 8.58. The van der Waals surface area contributed by atoms with Crippen LogP contribution >= 0.6 is 11.6 Å². The molecule has 0 aliphatic heterocycles. The Hall–Kier alpha value is -1.12. The van der Waals surface area contributed by atoms with Gasteiger partial charge in [-0.1, -0.05) is 0 Å². The maximum atomic E-state index is 11.7. The van der Waals surface area contributed by atoms with Gasteiger partial charge in [0, 0.05) is 12.1 Å². The summed E-state index contributed by atoms with van der Waals surface area (Å²) in [5.41, 5.74) is 0.0990. The van der Waals surface area contributed by atoms with Crippen LogP contribution in [0, 0.1) is 11.3 Å². The van der Waals surface area contributed by atoms with Crippen molar-refractivity contribution in [1.29, 1.82) is 5.26 Å². The zero-order chi connectivity index (χ0) is 11.3. The van der Waals surface area contributed by atoms with Crippen LogP contribution < -0.4 is 0 Å². The first-order valence-corrected chi connectivity index (χ1v) is 6.43. The van der Waals surface area contributed by atoms with E-state index in [0.717, 1.165) is 0 Å². The maximum Gasteiger partial charge on any atom is 0.178 e. The molecule has 15 heavy (non-hydrogen) atoms. The van der Waals surface area contributed by atoms with Gasteiger partial charge in [0.2, 0.25) is 0 Å². The number of sulfone groups is 1. The molecule has 0 amide bonds. The fourth-order valence-electron chi connectivity index (χ4n) is 1.03. The third kappa shape index (κ3) is 3.18. The van der Waals surface area contributed by atoms with Crippen LogP contribution in [0.2, 0.25) is 0 Å². The lowest BCUT2D eigenvalue weighted by atomic mass is 10.4. The first kappa shape index (κ1) is 12.0. The van der Waals surface area contributed by atoms with Gasteiger partial charge >= 0.3 is 0 Å². The molecule has 0 atom stereocenters. The quantitative estimate of drug-likeness (QED) is 0.750. The average molecular weight is 245 g/mol. The molecule has 0 aliphatic rings. The zero-order valence-corrected chi connectivity index (χ0v) is 9.42. The Labute approximate surface area is 93.4 Å². The summed E-state index contributed by atoms with van der Waals surface area (Å²) in [4.78, 5) is 3.82. The second-order valence-electron chi connectivity index (χ2n) is 2.85. The van der Waals surface area contributed by atoms with Crippen molar-refractivity contribution in [1.82, 2.24) is 4.98 Å². The van der Waals surface area contributed by atoms with Gasteiger partial charge in [-0.2, -0.15) is 5.26 Å². The Morgan fingerprint density at radius 3 is 2.87 bits per heavy atom. The number of hydrogen-bond donors (Lipinski definition) is 0. The van der Waals surface area contributed by atoms with E-state index in [1.54, 1.807) is 6.07 Å². The van der Waals surface area contributed by atoms with Gasteiger partial charge in [-0.3, -0.25) is 0 Å². The van der Waals surface area contributed by atoms with Crippen molar-refractivity contribution in [2.45, 2.75) is 11.3 Å². The van der Waals surface area contributed by atoms with Gasteiger partial charge in [0.05, 0.1) is 10.6 Å². The first-order chi connectivity index (χ1) is 7.10. The molecule has 0 saturated carbocycles. The van der Waals surface area contributed by atoms with Crippen molar-refractivity contribution in [2.75, 3.05) is 11.6 Å². The molecule has 1 rings (SSSR count). The largest absolute Gasteiger partial charge is 0.245 e. The molecule has 0 spiro atoms. The topological polar surface area (TPSA) is 70.8 Å². The molecule has 0 aromatic carbocycles. The summed E-state index contributed by atoms with van der Waals surface area (Å²) >= 11 is 5.42. The number of halogens is 1. The lowest BCUT2D eigenvalue weighted by Gasteiger charge is -2.02. The van der Waals surface area contributed by atoms with Crippen LogP contribution in [0.1, 0.15) is 12.1 Å². The van der Waals surface area contributed by atoms with Crippen molar-refractivity contribution in [3.05, 3.63) is 24.0 Å². The highest BCUT2D eigenvalue weighted by Crippen LogP contribution is 2.12. The molecule has 1 heterocycles. The number of pyridine rings is 1. The molecule has 0 N–H and O–H groups in total. The Morgan fingerprint density at radius 2 is 2.27 bits per heavy atom. The van der Waals surface area contributed by atoms with Crippen LogP contribution in [0.25, 0.3) is 0 Å². The van der Waals surface area contributed by atoms with E-state index >= 15 is 0 Å². The summed E-state index contributed by atoms with van der Waals surface area (Å²) in [6.45, 7) is 0. The summed E-state index contributed by atoms with van der Waals surface area (Å²) in [5.74, 6) is 0.292. The lowest BCUT2D eigenvalue weighted by Crippen LogP contribution is -2.07. The van der Waals surface area contributed by atoms with Gasteiger partial charge in [-0.25, -0.2) is 13.4 Å². The van der Waals surface area contributed by atoms with Crippen LogP contribution in [0.3, 0.4) is 0 Å². The van der Waals surface area contributed by atoms with Crippen molar-refractivity contribution in [3.8, 4) is 6.07 Å². The molecular weight excluding hydrogens is 236 g/mol. The number of nitrogens with zero attached hydrogens (tertiary/aromatic N) is 2. The van der Waals surface area contributed by atoms with Crippen molar-refractivity contribution < 1.29 is 8.42 Å². The summed E-state index contributed by atoms with van der Waals surface area (Å²) in [6.07, 6.45) is 1.71. The average Bonchev–Trinajstić information content (AvgIpc) is 2.26. The molecule has 4 nitrogen and oxygen atoms in total. The molecule has 6 heteroatoms. The van der Waals surface area contributed by atoms with Gasteiger partial charge in [0.1, 0.15) is 11.8 Å². The van der Waals surface area contributed by atoms with E-state index in [0.29, 0.717) is 12.3 Å². The molecule has 0 unspecified atom stereocenters. The van der Waals surface area contributed by atoms with Gasteiger partial charge < -0.3 is 0 Å². The Morgan fingerprint density at radius 1 is 1.53 bits per heavy atom.